The van der Waals surface area contributed by atoms with Gasteiger partial charge in [0, 0.05) is 44.8 Å². The summed E-state index contributed by atoms with van der Waals surface area (Å²) in [5.41, 5.74) is 3.51. The van der Waals surface area contributed by atoms with E-state index < -0.39 is 16.1 Å². The van der Waals surface area contributed by atoms with Crippen molar-refractivity contribution in [1.82, 2.24) is 19.1 Å². The number of likely N-dealkylation sites (N-methyl/N-ethyl adjacent to an activating group) is 1. The Balaban J connectivity index is 0.00000441. The molecule has 0 spiro atoms. The van der Waals surface area contributed by atoms with Crippen LogP contribution in [0.5, 0.6) is 0 Å². The predicted molar refractivity (Wildman–Crippen MR) is 160 cm³/mol. The van der Waals surface area contributed by atoms with Gasteiger partial charge < -0.3 is 14.5 Å². The Hall–Kier alpha value is -2.77. The second-order valence-corrected chi connectivity index (χ2v) is 12.7. The van der Waals surface area contributed by atoms with Crippen LogP contribution in [-0.2, 0) is 14.8 Å². The van der Waals surface area contributed by atoms with Gasteiger partial charge in [-0.25, -0.2) is 18.2 Å². The van der Waals surface area contributed by atoms with Crippen molar-refractivity contribution in [3.05, 3.63) is 53.1 Å². The molecule has 0 radical (unpaired) electrons. The van der Waals surface area contributed by atoms with Crippen LogP contribution in [-0.4, -0.2) is 99.5 Å². The number of anilines is 1. The molecular weight excluding hydrogens is 574 g/mol. The molecule has 13 heteroatoms. The van der Waals surface area contributed by atoms with Crippen molar-refractivity contribution in [2.45, 2.75) is 25.7 Å². The van der Waals surface area contributed by atoms with Crippen molar-refractivity contribution in [2.24, 2.45) is 0 Å². The minimum Gasteiger partial charge on any atom is -0.450 e. The van der Waals surface area contributed by atoms with E-state index in [2.05, 4.69) is 6.07 Å². The van der Waals surface area contributed by atoms with Gasteiger partial charge >= 0.3 is 6.09 Å². The van der Waals surface area contributed by atoms with E-state index in [1.54, 1.807) is 24.0 Å². The number of thiazole rings is 1. The highest BCUT2D eigenvalue weighted by Crippen LogP contribution is 2.32. The van der Waals surface area contributed by atoms with Crippen LogP contribution in [0.15, 0.2) is 41.3 Å². The lowest BCUT2D eigenvalue weighted by Crippen LogP contribution is -2.50. The number of piperazine rings is 1. The Morgan fingerprint density at radius 1 is 1.00 bits per heavy atom. The average molecular weight is 610 g/mol. The molecule has 0 aliphatic carbocycles. The number of benzene rings is 2. The molecule has 1 aromatic heterocycles. The van der Waals surface area contributed by atoms with Gasteiger partial charge in [0.25, 0.3) is 5.91 Å². The maximum absolute atomic E-state index is 13.7. The van der Waals surface area contributed by atoms with Gasteiger partial charge in [0.15, 0.2) is 5.13 Å². The molecule has 218 valence electrons. The standard InChI is InChI=1S/C27H35N5O5S2.ClH/c1-6-37-27(34)30-14-16-31(17-15-30)39(35,36)22-10-8-21(9-11-22)25(33)32(18-13-29(4)5)26-28-24-20(3)19(2)7-12-23(24)38-26;/h7-12H,6,13-18H2,1-5H3;1H. The molecule has 0 atom stereocenters. The van der Waals surface area contributed by atoms with Crippen LogP contribution in [0.4, 0.5) is 9.93 Å². The van der Waals surface area contributed by atoms with Crippen molar-refractivity contribution in [3.63, 3.8) is 0 Å². The molecular formula is C27H36ClN5O5S2. The van der Waals surface area contributed by atoms with Crippen LogP contribution in [0.25, 0.3) is 10.2 Å². The van der Waals surface area contributed by atoms with Crippen molar-refractivity contribution >= 4 is 61.1 Å². The van der Waals surface area contributed by atoms with Crippen LogP contribution >= 0.6 is 23.7 Å². The number of hydrogen-bond donors (Lipinski definition) is 0. The Morgan fingerprint density at radius 3 is 2.25 bits per heavy atom. The third-order valence-electron chi connectivity index (χ3n) is 6.82. The Labute approximate surface area is 246 Å². The topological polar surface area (TPSA) is 103 Å². The number of carbonyl (C=O) groups excluding carboxylic acids is 2. The highest BCUT2D eigenvalue weighted by Gasteiger charge is 2.31. The van der Waals surface area contributed by atoms with Crippen LogP contribution < -0.4 is 4.90 Å². The lowest BCUT2D eigenvalue weighted by atomic mass is 10.1. The lowest BCUT2D eigenvalue weighted by molar-refractivity contribution is 0.0933. The normalized spacial score (nSPS) is 14.3. The molecule has 0 N–H and O–H groups in total. The number of halogens is 1. The largest absolute Gasteiger partial charge is 0.450 e. The van der Waals surface area contributed by atoms with Gasteiger partial charge in [0.05, 0.1) is 21.7 Å². The van der Waals surface area contributed by atoms with Gasteiger partial charge in [0.2, 0.25) is 10.0 Å². The summed E-state index contributed by atoms with van der Waals surface area (Å²) in [5, 5.41) is 0.613. The van der Waals surface area contributed by atoms with E-state index in [1.807, 2.05) is 38.9 Å². The molecule has 2 aromatic carbocycles. The zero-order chi connectivity index (χ0) is 28.3. The van der Waals surface area contributed by atoms with E-state index in [-0.39, 0.29) is 56.0 Å². The Kier molecular flexibility index (Phi) is 10.5. The zero-order valence-electron chi connectivity index (χ0n) is 23.4. The van der Waals surface area contributed by atoms with E-state index in [0.29, 0.717) is 23.8 Å². The smallest absolute Gasteiger partial charge is 0.409 e. The summed E-state index contributed by atoms with van der Waals surface area (Å²) in [7, 11) is 0.117. The fourth-order valence-electron chi connectivity index (χ4n) is 4.31. The number of sulfonamides is 1. The SMILES string of the molecule is CCOC(=O)N1CCN(S(=O)(=O)c2ccc(C(=O)N(CCN(C)C)c3nc4c(C)c(C)ccc4s3)cc2)CC1.Cl. The summed E-state index contributed by atoms with van der Waals surface area (Å²) in [4.78, 5) is 35.7. The Morgan fingerprint density at radius 2 is 1.65 bits per heavy atom. The van der Waals surface area contributed by atoms with Crippen LogP contribution in [0.3, 0.4) is 0 Å². The fraction of sp³-hybridized carbons (Fsp3) is 0.444. The molecule has 0 bridgehead atoms. The van der Waals surface area contributed by atoms with Crippen molar-refractivity contribution in [1.29, 1.82) is 0 Å². The molecule has 1 fully saturated rings. The van der Waals surface area contributed by atoms with Crippen molar-refractivity contribution < 1.29 is 22.7 Å². The number of aromatic nitrogens is 1. The molecule has 1 aliphatic rings. The predicted octanol–water partition coefficient (Wildman–Crippen LogP) is 4.01. The first-order chi connectivity index (χ1) is 18.5. The van der Waals surface area contributed by atoms with Gasteiger partial charge in [-0.15, -0.1) is 12.4 Å². The minimum atomic E-state index is -3.77. The number of amides is 2. The van der Waals surface area contributed by atoms with Crippen molar-refractivity contribution in [2.75, 3.05) is 64.9 Å². The van der Waals surface area contributed by atoms with Crippen LogP contribution in [0.2, 0.25) is 0 Å². The zero-order valence-corrected chi connectivity index (χ0v) is 25.9. The molecule has 10 nitrogen and oxygen atoms in total. The number of aryl methyl sites for hydroxylation is 2. The molecule has 3 aromatic rings. The van der Waals surface area contributed by atoms with Gasteiger partial charge in [-0.1, -0.05) is 17.4 Å². The second kappa shape index (κ2) is 13.3. The van der Waals surface area contributed by atoms with Gasteiger partial charge in [-0.05, 0) is 76.3 Å². The molecule has 4 rings (SSSR count). The Bertz CT molecular complexity index is 1450. The molecule has 1 saturated heterocycles. The summed E-state index contributed by atoms with van der Waals surface area (Å²) in [6.45, 7) is 8.03. The highest BCUT2D eigenvalue weighted by molar-refractivity contribution is 7.89. The lowest BCUT2D eigenvalue weighted by Gasteiger charge is -2.33. The van der Waals surface area contributed by atoms with E-state index in [0.717, 1.165) is 21.3 Å². The quantitative estimate of drug-likeness (QED) is 0.380. The maximum atomic E-state index is 13.7. The molecule has 2 amide bonds. The maximum Gasteiger partial charge on any atom is 0.409 e. The first-order valence-electron chi connectivity index (χ1n) is 12.9. The monoisotopic (exact) mass is 609 g/mol. The van der Waals surface area contributed by atoms with Gasteiger partial charge in [-0.2, -0.15) is 4.31 Å². The van der Waals surface area contributed by atoms with Crippen LogP contribution in [0.1, 0.15) is 28.4 Å². The number of rotatable bonds is 8. The fourth-order valence-corrected chi connectivity index (χ4v) is 6.79. The summed E-state index contributed by atoms with van der Waals surface area (Å²) >= 11 is 1.47. The first kappa shape index (κ1) is 31.8. The first-order valence-corrected chi connectivity index (χ1v) is 15.1. The summed E-state index contributed by atoms with van der Waals surface area (Å²) in [6, 6.07) is 10.1. The van der Waals surface area contributed by atoms with E-state index in [9.17, 15) is 18.0 Å². The number of carbonyl (C=O) groups is 2. The van der Waals surface area contributed by atoms with E-state index >= 15 is 0 Å². The summed E-state index contributed by atoms with van der Waals surface area (Å²) in [6.07, 6.45) is -0.436. The molecule has 0 unspecified atom stereocenters. The average Bonchev–Trinajstić information content (AvgIpc) is 3.35. The molecule has 0 saturated carbocycles. The number of fused-ring (bicyclic) bond motifs is 1. The minimum absolute atomic E-state index is 0. The molecule has 1 aliphatic heterocycles. The van der Waals surface area contributed by atoms with E-state index in [1.165, 1.54) is 32.7 Å². The second-order valence-electron chi connectivity index (χ2n) is 9.73. The van der Waals surface area contributed by atoms with Gasteiger partial charge in [0.1, 0.15) is 0 Å². The van der Waals surface area contributed by atoms with E-state index in [4.69, 9.17) is 9.72 Å². The molecule has 2 heterocycles. The summed E-state index contributed by atoms with van der Waals surface area (Å²) < 4.78 is 33.9. The third-order valence-corrected chi connectivity index (χ3v) is 9.78. The number of hydrogen-bond acceptors (Lipinski definition) is 8. The highest BCUT2D eigenvalue weighted by atomic mass is 35.5. The number of nitrogens with zero attached hydrogens (tertiary/aromatic N) is 5. The molecule has 40 heavy (non-hydrogen) atoms. The third kappa shape index (κ3) is 6.74. The van der Waals surface area contributed by atoms with Crippen molar-refractivity contribution in [3.8, 4) is 0 Å². The van der Waals surface area contributed by atoms with Crippen LogP contribution in [0, 0.1) is 13.8 Å². The summed E-state index contributed by atoms with van der Waals surface area (Å²) in [5.74, 6) is -0.239. The number of ether oxygens (including phenoxy) is 1. The van der Waals surface area contributed by atoms with Gasteiger partial charge in [-0.3, -0.25) is 9.69 Å².